The summed E-state index contributed by atoms with van der Waals surface area (Å²) >= 11 is 0. The third-order valence-electron chi connectivity index (χ3n) is 5.66. The fourth-order valence-corrected chi connectivity index (χ4v) is 11.6. The molecule has 0 radical (unpaired) electrons. The molecule has 0 fully saturated rings. The summed E-state index contributed by atoms with van der Waals surface area (Å²) in [5.74, 6) is 0. The van der Waals surface area contributed by atoms with Gasteiger partial charge in [0.25, 0.3) is 0 Å². The maximum atomic E-state index is 2.40. The van der Waals surface area contributed by atoms with Gasteiger partial charge in [-0.3, -0.25) is 0 Å². The van der Waals surface area contributed by atoms with E-state index in [1.807, 2.05) is 0 Å². The summed E-state index contributed by atoms with van der Waals surface area (Å²) < 4.78 is 14.4. The molecule has 0 amide bonds. The fraction of sp³-hybridized carbons (Fsp3) is 0.700. The van der Waals surface area contributed by atoms with Crippen molar-refractivity contribution >= 4 is 15.4 Å². The minimum absolute atomic E-state index is 1.05. The molecule has 0 atom stereocenters. The van der Waals surface area contributed by atoms with Crippen LogP contribution in [0, 0.1) is 0 Å². The van der Waals surface area contributed by atoms with Crippen LogP contribution in [0.4, 0.5) is 0 Å². The Morgan fingerprint density at radius 3 is 0.750 bits per heavy atom. The molecule has 28 heavy (non-hydrogen) atoms. The van der Waals surface area contributed by atoms with Crippen molar-refractivity contribution in [2.75, 3.05) is 84.6 Å². The molecule has 8 heteroatoms. The van der Waals surface area contributed by atoms with Gasteiger partial charge in [0.15, 0.2) is 0 Å². The Hall–Kier alpha value is -0.160. The first-order valence-corrected chi connectivity index (χ1v) is 13.4. The van der Waals surface area contributed by atoms with Gasteiger partial charge >= 0.3 is 0 Å². The maximum Gasteiger partial charge on any atom is 0.230 e. The molecule has 0 unspecified atom stereocenters. The van der Waals surface area contributed by atoms with E-state index < -0.39 is 15.4 Å². The quantitative estimate of drug-likeness (QED) is 0.525. The third kappa shape index (κ3) is 5.11. The first-order chi connectivity index (χ1) is 12.8. The number of nitrogens with zero attached hydrogens (tertiary/aromatic N) is 6. The predicted molar refractivity (Wildman–Crippen MR) is 130 cm³/mol. The Morgan fingerprint density at radius 2 is 0.607 bits per heavy atom. The highest BCUT2D eigenvalue weighted by atomic mass is 31.2. The van der Waals surface area contributed by atoms with E-state index in [0.29, 0.717) is 0 Å². The zero-order valence-electron chi connectivity index (χ0n) is 20.3. The van der Waals surface area contributed by atoms with Gasteiger partial charge in [0, 0.05) is 84.6 Å². The van der Waals surface area contributed by atoms with Crippen LogP contribution in [0.15, 0.2) is 24.3 Å². The van der Waals surface area contributed by atoms with Crippen molar-refractivity contribution in [3.63, 3.8) is 0 Å². The van der Waals surface area contributed by atoms with Crippen LogP contribution in [0.2, 0.25) is 0 Å². The van der Waals surface area contributed by atoms with Gasteiger partial charge in [-0.1, -0.05) is 24.3 Å². The molecule has 0 aliphatic rings. The van der Waals surface area contributed by atoms with E-state index in [4.69, 9.17) is 0 Å². The number of rotatable bonds is 10. The Balaban J connectivity index is 3.17. The van der Waals surface area contributed by atoms with Crippen LogP contribution in [-0.4, -0.2) is 113 Å². The lowest BCUT2D eigenvalue weighted by molar-refractivity contribution is 0.456. The summed E-state index contributed by atoms with van der Waals surface area (Å²) in [6.07, 6.45) is 2.10. The molecule has 0 saturated carbocycles. The van der Waals surface area contributed by atoms with Crippen LogP contribution < -0.4 is 0 Å². The van der Waals surface area contributed by atoms with Crippen LogP contribution in [0.5, 0.6) is 0 Å². The molecule has 0 heterocycles. The van der Waals surface area contributed by atoms with E-state index in [1.165, 1.54) is 11.1 Å². The van der Waals surface area contributed by atoms with Crippen molar-refractivity contribution in [1.82, 2.24) is 28.0 Å². The van der Waals surface area contributed by atoms with Crippen LogP contribution in [0.25, 0.3) is 0 Å². The molecule has 0 aliphatic heterocycles. The van der Waals surface area contributed by atoms with Crippen LogP contribution in [0.1, 0.15) is 11.1 Å². The predicted octanol–water partition coefficient (Wildman–Crippen LogP) is 3.58. The highest BCUT2D eigenvalue weighted by Crippen LogP contribution is 2.67. The SMILES string of the molecule is CN(C)[P+](Cc1ccc(C[P+](N(C)C)(N(C)C)N(C)C)cc1)(N(C)C)N(C)C. The highest BCUT2D eigenvalue weighted by Gasteiger charge is 2.48. The average Bonchev–Trinajstić information content (AvgIpc) is 2.56. The Kier molecular flexibility index (Phi) is 9.46. The van der Waals surface area contributed by atoms with Crippen molar-refractivity contribution < 1.29 is 0 Å². The highest BCUT2D eigenvalue weighted by molar-refractivity contribution is 7.68. The maximum absolute atomic E-state index is 2.40. The number of hydrogen-bond donors (Lipinski definition) is 0. The summed E-state index contributed by atoms with van der Waals surface area (Å²) in [5, 5.41) is 0. The van der Waals surface area contributed by atoms with Gasteiger partial charge in [-0.15, -0.1) is 0 Å². The van der Waals surface area contributed by atoms with Crippen molar-refractivity contribution in [1.29, 1.82) is 0 Å². The molecule has 0 bridgehead atoms. The fourth-order valence-electron chi connectivity index (χ4n) is 4.24. The molecule has 1 rings (SSSR count). The smallest absolute Gasteiger partial charge is 0.154 e. The Labute approximate surface area is 176 Å². The van der Waals surface area contributed by atoms with Gasteiger partial charge in [-0.25, -0.2) is 0 Å². The number of hydrogen-bond acceptors (Lipinski definition) is 6. The zero-order valence-corrected chi connectivity index (χ0v) is 22.1. The second-order valence-electron chi connectivity index (χ2n) is 8.60. The first-order valence-electron chi connectivity index (χ1n) is 9.73. The van der Waals surface area contributed by atoms with Gasteiger partial charge in [-0.05, 0) is 11.1 Å². The lowest BCUT2D eigenvalue weighted by Crippen LogP contribution is -2.37. The molecule has 162 valence electrons. The second-order valence-corrected chi connectivity index (χ2v) is 16.8. The normalized spacial score (nSPS) is 13.8. The topological polar surface area (TPSA) is 19.4 Å². The summed E-state index contributed by atoms with van der Waals surface area (Å²) in [4.78, 5) is 0. The summed E-state index contributed by atoms with van der Waals surface area (Å²) in [6, 6.07) is 9.32. The minimum Gasteiger partial charge on any atom is -0.154 e. The molecule has 0 aromatic heterocycles. The second kappa shape index (κ2) is 10.2. The van der Waals surface area contributed by atoms with Gasteiger partial charge in [0.2, 0.25) is 15.4 Å². The van der Waals surface area contributed by atoms with E-state index in [2.05, 4.69) is 137 Å². The third-order valence-corrected chi connectivity index (χ3v) is 14.9. The lowest BCUT2D eigenvalue weighted by atomic mass is 10.2. The summed E-state index contributed by atoms with van der Waals surface area (Å²) in [7, 11) is 23.3. The van der Waals surface area contributed by atoms with E-state index in [-0.39, 0.29) is 0 Å². The lowest BCUT2D eigenvalue weighted by Gasteiger charge is -2.40. The minimum atomic E-state index is -1.55. The Bertz CT molecular complexity index is 503. The van der Waals surface area contributed by atoms with Crippen molar-refractivity contribution in [2.24, 2.45) is 0 Å². The van der Waals surface area contributed by atoms with Crippen molar-refractivity contribution in [3.8, 4) is 0 Å². The molecule has 0 saturated heterocycles. The zero-order chi connectivity index (χ0) is 21.9. The number of benzene rings is 1. The monoisotopic (exact) mass is 430 g/mol. The Morgan fingerprint density at radius 1 is 0.429 bits per heavy atom. The van der Waals surface area contributed by atoms with Gasteiger partial charge in [0.1, 0.15) is 12.3 Å². The molecule has 0 spiro atoms. The van der Waals surface area contributed by atoms with Crippen LogP contribution in [0.3, 0.4) is 0 Å². The molecular weight excluding hydrogens is 386 g/mol. The summed E-state index contributed by atoms with van der Waals surface area (Å²) in [6.45, 7) is 0. The first kappa shape index (κ1) is 25.9. The molecule has 6 nitrogen and oxygen atoms in total. The van der Waals surface area contributed by atoms with Crippen molar-refractivity contribution in [2.45, 2.75) is 12.3 Å². The van der Waals surface area contributed by atoms with Crippen LogP contribution in [-0.2, 0) is 12.3 Å². The van der Waals surface area contributed by atoms with E-state index in [9.17, 15) is 0 Å². The summed E-state index contributed by atoms with van der Waals surface area (Å²) in [5.41, 5.74) is 2.80. The largest absolute Gasteiger partial charge is 0.230 e. The van der Waals surface area contributed by atoms with Gasteiger partial charge < -0.3 is 0 Å². The molecule has 1 aromatic carbocycles. The molecule has 0 aliphatic carbocycles. The van der Waals surface area contributed by atoms with E-state index in [1.54, 1.807) is 0 Å². The van der Waals surface area contributed by atoms with Gasteiger partial charge in [-0.2, -0.15) is 28.0 Å². The van der Waals surface area contributed by atoms with E-state index in [0.717, 1.165) is 12.3 Å². The average molecular weight is 431 g/mol. The molecular formula is C20H44N6P2+2. The molecule has 0 N–H and O–H groups in total. The van der Waals surface area contributed by atoms with Crippen molar-refractivity contribution in [3.05, 3.63) is 35.4 Å². The van der Waals surface area contributed by atoms with Crippen LogP contribution >= 0.6 is 15.4 Å². The van der Waals surface area contributed by atoms with Gasteiger partial charge in [0.05, 0.1) is 0 Å². The molecule has 1 aromatic rings. The standard InChI is InChI=1S/C20H44N6P2/c1-21(2)27(22(3)4,23(5)6)17-19-13-15-20(16-14-19)18-28(24(7)8,25(9)10)26(11)12/h13-16H,17-18H2,1-12H3/q+2. The van der Waals surface area contributed by atoms with E-state index >= 15 is 0 Å².